The van der Waals surface area contributed by atoms with E-state index in [-0.39, 0.29) is 0 Å². The van der Waals surface area contributed by atoms with Crippen molar-refractivity contribution in [1.29, 1.82) is 0 Å². The van der Waals surface area contributed by atoms with Gasteiger partial charge in [0.1, 0.15) is 11.2 Å². The Morgan fingerprint density at radius 2 is 1.21 bits per heavy atom. The molecule has 296 valence electrons. The Balaban J connectivity index is 1.10. The molecule has 9 aromatic rings. The van der Waals surface area contributed by atoms with Crippen LogP contribution < -0.4 is 4.90 Å². The summed E-state index contributed by atoms with van der Waals surface area (Å²) in [5.41, 5.74) is 16.1. The van der Waals surface area contributed by atoms with E-state index in [1.54, 1.807) is 0 Å². The number of hydrogen-bond donors (Lipinski definition) is 0. The maximum absolute atomic E-state index is 6.47. The van der Waals surface area contributed by atoms with Gasteiger partial charge in [-0.05, 0) is 111 Å². The SMILES string of the molecule is C=C(/C=C\C(=C/C)c1cccc2c1oc1ccccc12)c1cc(C2=CC=CC=CC2)ccc1N(c1ccc(-c2ccccc2)cc1)c1ccc(-c2cccc3ccccc23)cc1. The van der Waals surface area contributed by atoms with Crippen molar-refractivity contribution in [2.75, 3.05) is 4.90 Å². The molecular weight excluding hydrogens is 751 g/mol. The summed E-state index contributed by atoms with van der Waals surface area (Å²) in [6.07, 6.45) is 18.1. The molecule has 0 bridgehead atoms. The van der Waals surface area contributed by atoms with E-state index in [1.165, 1.54) is 44.2 Å². The summed E-state index contributed by atoms with van der Waals surface area (Å²) < 4.78 is 6.47. The minimum Gasteiger partial charge on any atom is -0.455 e. The Hall–Kier alpha value is -7.94. The van der Waals surface area contributed by atoms with Crippen molar-refractivity contribution in [3.8, 4) is 22.3 Å². The number of rotatable bonds is 10. The Morgan fingerprint density at radius 1 is 0.548 bits per heavy atom. The topological polar surface area (TPSA) is 16.4 Å². The van der Waals surface area contributed by atoms with Crippen molar-refractivity contribution in [2.24, 2.45) is 0 Å². The van der Waals surface area contributed by atoms with E-state index < -0.39 is 0 Å². The zero-order chi connectivity index (χ0) is 41.8. The molecule has 1 aliphatic carbocycles. The van der Waals surface area contributed by atoms with Crippen molar-refractivity contribution in [2.45, 2.75) is 13.3 Å². The number of nitrogens with zero attached hydrogens (tertiary/aromatic N) is 1. The Bertz CT molecular complexity index is 3260. The van der Waals surface area contributed by atoms with E-state index in [1.807, 2.05) is 12.1 Å². The van der Waals surface area contributed by atoms with Gasteiger partial charge in [0.25, 0.3) is 0 Å². The molecule has 10 rings (SSSR count). The third kappa shape index (κ3) is 7.44. The molecule has 8 aromatic carbocycles. The minimum atomic E-state index is 0.846. The van der Waals surface area contributed by atoms with Crippen LogP contribution in [-0.2, 0) is 0 Å². The lowest BCUT2D eigenvalue weighted by Crippen LogP contribution is -2.12. The quantitative estimate of drug-likeness (QED) is 0.128. The smallest absolute Gasteiger partial charge is 0.143 e. The molecule has 0 unspecified atom stereocenters. The summed E-state index contributed by atoms with van der Waals surface area (Å²) in [4.78, 5) is 2.37. The van der Waals surface area contributed by atoms with E-state index in [0.717, 1.165) is 67.7 Å². The van der Waals surface area contributed by atoms with Gasteiger partial charge < -0.3 is 9.32 Å². The maximum atomic E-state index is 6.47. The Morgan fingerprint density at radius 3 is 2.02 bits per heavy atom. The predicted molar refractivity (Wildman–Crippen MR) is 266 cm³/mol. The Labute approximate surface area is 363 Å². The third-order valence-electron chi connectivity index (χ3n) is 11.9. The highest BCUT2D eigenvalue weighted by atomic mass is 16.3. The second kappa shape index (κ2) is 17.0. The van der Waals surface area contributed by atoms with Gasteiger partial charge in [0.15, 0.2) is 0 Å². The lowest BCUT2D eigenvalue weighted by molar-refractivity contribution is 0.668. The highest BCUT2D eigenvalue weighted by Gasteiger charge is 2.20. The lowest BCUT2D eigenvalue weighted by atomic mass is 9.94. The van der Waals surface area contributed by atoms with Crippen LogP contribution in [0.4, 0.5) is 17.1 Å². The highest BCUT2D eigenvalue weighted by Crippen LogP contribution is 2.43. The summed E-state index contributed by atoms with van der Waals surface area (Å²) in [6, 6.07) is 65.0. The maximum Gasteiger partial charge on any atom is 0.143 e. The van der Waals surface area contributed by atoms with Crippen LogP contribution in [0.5, 0.6) is 0 Å². The Kier molecular flexibility index (Phi) is 10.5. The molecule has 2 heteroatoms. The molecule has 0 spiro atoms. The molecular formula is C60H45NO. The first-order chi connectivity index (χ1) is 30.6. The highest BCUT2D eigenvalue weighted by molar-refractivity contribution is 6.09. The van der Waals surface area contributed by atoms with Crippen LogP contribution in [0.15, 0.2) is 242 Å². The standard InChI is InChI=1S/C60H45NO/c1-3-43(54-26-16-27-56-55-24-13-14-28-59(55)62-60(54)56)30-29-42(2)57-41-49(45-19-7-4-5-8-20-45)35-40-58(57)61(50-36-31-46(32-37-50)44-17-9-6-10-18-44)51-38-33-48(34-39-51)53-25-15-22-47-21-11-12-23-52(47)53/h3-19,21-41H,2,20H2,1H3/b30-29-,43-3+. The van der Waals surface area contributed by atoms with Crippen molar-refractivity contribution in [3.05, 3.63) is 254 Å². The van der Waals surface area contributed by atoms with Crippen LogP contribution in [0.2, 0.25) is 0 Å². The fraction of sp³-hybridized carbons (Fsp3) is 0.0333. The van der Waals surface area contributed by atoms with E-state index in [4.69, 9.17) is 11.0 Å². The normalized spacial score (nSPS) is 12.9. The molecule has 0 aliphatic heterocycles. The number of allylic oxidation sites excluding steroid dienone is 11. The van der Waals surface area contributed by atoms with Gasteiger partial charge in [0.2, 0.25) is 0 Å². The van der Waals surface area contributed by atoms with Crippen LogP contribution in [-0.4, -0.2) is 0 Å². The van der Waals surface area contributed by atoms with Gasteiger partial charge in [0, 0.05) is 33.3 Å². The summed E-state index contributed by atoms with van der Waals surface area (Å²) in [5, 5.41) is 4.70. The van der Waals surface area contributed by atoms with E-state index in [2.05, 4.69) is 230 Å². The van der Waals surface area contributed by atoms with Gasteiger partial charge in [-0.2, -0.15) is 0 Å². The molecule has 2 nitrogen and oxygen atoms in total. The summed E-state index contributed by atoms with van der Waals surface area (Å²) in [6.45, 7) is 6.86. The molecule has 62 heavy (non-hydrogen) atoms. The van der Waals surface area contributed by atoms with Crippen LogP contribution in [0.1, 0.15) is 30.0 Å². The number of fused-ring (bicyclic) bond motifs is 4. The summed E-state index contributed by atoms with van der Waals surface area (Å²) in [5.74, 6) is 0. The number of benzene rings is 8. The molecule has 0 fully saturated rings. The molecule has 0 atom stereocenters. The fourth-order valence-electron chi connectivity index (χ4n) is 8.70. The van der Waals surface area contributed by atoms with E-state index in [0.29, 0.717) is 0 Å². The first kappa shape index (κ1) is 38.3. The van der Waals surface area contributed by atoms with Crippen LogP contribution in [0.3, 0.4) is 0 Å². The number of anilines is 3. The molecule has 0 amide bonds. The second-order valence-corrected chi connectivity index (χ2v) is 15.6. The fourth-order valence-corrected chi connectivity index (χ4v) is 8.70. The largest absolute Gasteiger partial charge is 0.455 e. The van der Waals surface area contributed by atoms with Gasteiger partial charge in [-0.3, -0.25) is 0 Å². The number of para-hydroxylation sites is 2. The van der Waals surface area contributed by atoms with Gasteiger partial charge in [0.05, 0.1) is 5.69 Å². The molecule has 0 saturated carbocycles. The van der Waals surface area contributed by atoms with Crippen LogP contribution >= 0.6 is 0 Å². The summed E-state index contributed by atoms with van der Waals surface area (Å²) >= 11 is 0. The number of hydrogen-bond acceptors (Lipinski definition) is 2. The molecule has 1 aliphatic rings. The van der Waals surface area contributed by atoms with Crippen molar-refractivity contribution >= 4 is 66.5 Å². The van der Waals surface area contributed by atoms with Gasteiger partial charge in [-0.1, -0.05) is 195 Å². The lowest BCUT2D eigenvalue weighted by Gasteiger charge is -2.29. The van der Waals surface area contributed by atoms with Gasteiger partial charge in [-0.25, -0.2) is 0 Å². The third-order valence-corrected chi connectivity index (χ3v) is 11.9. The molecule has 0 N–H and O–H groups in total. The monoisotopic (exact) mass is 795 g/mol. The average molecular weight is 796 g/mol. The van der Waals surface area contributed by atoms with Crippen LogP contribution in [0, 0.1) is 0 Å². The van der Waals surface area contributed by atoms with Crippen molar-refractivity contribution < 1.29 is 4.42 Å². The first-order valence-electron chi connectivity index (χ1n) is 21.3. The first-order valence-corrected chi connectivity index (χ1v) is 21.3. The number of furan rings is 1. The zero-order valence-electron chi connectivity index (χ0n) is 34.7. The molecule has 1 aromatic heterocycles. The molecule has 0 radical (unpaired) electrons. The van der Waals surface area contributed by atoms with Gasteiger partial charge in [-0.15, -0.1) is 0 Å². The minimum absolute atomic E-state index is 0.846. The second-order valence-electron chi connectivity index (χ2n) is 15.6. The average Bonchev–Trinajstić information content (AvgIpc) is 3.50. The molecule has 1 heterocycles. The van der Waals surface area contributed by atoms with Crippen LogP contribution in [0.25, 0.3) is 71.7 Å². The van der Waals surface area contributed by atoms with E-state index in [9.17, 15) is 0 Å². The summed E-state index contributed by atoms with van der Waals surface area (Å²) in [7, 11) is 0. The van der Waals surface area contributed by atoms with Crippen molar-refractivity contribution in [3.63, 3.8) is 0 Å². The predicted octanol–water partition coefficient (Wildman–Crippen LogP) is 17.1. The molecule has 0 saturated heterocycles. The zero-order valence-corrected chi connectivity index (χ0v) is 34.7. The van der Waals surface area contributed by atoms with Crippen molar-refractivity contribution in [1.82, 2.24) is 0 Å². The van der Waals surface area contributed by atoms with Gasteiger partial charge >= 0.3 is 0 Å². The van der Waals surface area contributed by atoms with E-state index >= 15 is 0 Å².